The third kappa shape index (κ3) is 224. The lowest BCUT2D eigenvalue weighted by Crippen LogP contribution is -1.60. The number of hydrogen-bond acceptors (Lipinski definition) is 2. The van der Waals surface area contributed by atoms with Gasteiger partial charge in [-0.2, -0.15) is 0 Å². The van der Waals surface area contributed by atoms with Gasteiger partial charge in [0.05, 0.1) is 0 Å². The standard InChI is InChI=1S/C2H3BrO.HN3/c1-2(3)4;1-3-2/h1H3;1H. The zero-order chi connectivity index (χ0) is 6.28. The van der Waals surface area contributed by atoms with Crippen LogP contribution < -0.4 is 0 Å². The first-order chi connectivity index (χ1) is 3.15. The molecule has 0 aliphatic rings. The van der Waals surface area contributed by atoms with Crippen LogP contribution in [0, 0.1) is 5.53 Å². The Balaban J connectivity index is 0. The van der Waals surface area contributed by atoms with Crippen molar-refractivity contribution < 1.29 is 4.79 Å². The molecule has 0 unspecified atom stereocenters. The number of rotatable bonds is 0. The molecule has 0 spiro atoms. The molecule has 0 saturated carbocycles. The predicted octanol–water partition coefficient (Wildman–Crippen LogP) is 1.80. The number of nitrogens with zero attached hydrogens (tertiary/aromatic N) is 2. The van der Waals surface area contributed by atoms with Crippen LogP contribution in [-0.4, -0.2) is 4.69 Å². The van der Waals surface area contributed by atoms with Crippen molar-refractivity contribution in [2.75, 3.05) is 0 Å². The SMILES string of the molecule is CC(=O)Br.[N-]=[N+]=N. The fourth-order valence-electron chi connectivity index (χ4n) is 0. The number of carbonyl (C=O) groups excluding carboxylic acids is 1. The minimum absolute atomic E-state index is 0.0208. The van der Waals surface area contributed by atoms with Crippen LogP contribution >= 0.6 is 15.9 Å². The van der Waals surface area contributed by atoms with Crippen LogP contribution in [0.15, 0.2) is 0 Å². The maximum absolute atomic E-state index is 9.36. The Morgan fingerprint density at radius 3 is 2.00 bits per heavy atom. The van der Waals surface area contributed by atoms with Gasteiger partial charge in [-0.05, 0) is 26.4 Å². The molecule has 0 rings (SSSR count). The first kappa shape index (κ1) is 9.68. The lowest BCUT2D eigenvalue weighted by molar-refractivity contribution is -0.108. The van der Waals surface area contributed by atoms with E-state index in [2.05, 4.69) is 15.9 Å². The third-order valence-corrected chi connectivity index (χ3v) is 0. The van der Waals surface area contributed by atoms with Crippen LogP contribution in [-0.2, 0) is 4.79 Å². The zero-order valence-corrected chi connectivity index (χ0v) is 5.27. The highest BCUT2D eigenvalue weighted by molar-refractivity contribution is 9.18. The van der Waals surface area contributed by atoms with Crippen molar-refractivity contribution in [3.63, 3.8) is 0 Å². The van der Waals surface area contributed by atoms with Crippen LogP contribution in [0.1, 0.15) is 6.92 Å². The van der Waals surface area contributed by atoms with Crippen LogP contribution in [0.4, 0.5) is 0 Å². The Morgan fingerprint density at radius 1 is 2.00 bits per heavy atom. The summed E-state index contributed by atoms with van der Waals surface area (Å²) in [5.41, 5.74) is 12.2. The summed E-state index contributed by atoms with van der Waals surface area (Å²) in [5, 5.41) is 0. The fourth-order valence-corrected chi connectivity index (χ4v) is 0. The molecule has 0 atom stereocenters. The Hall–Kier alpha value is -0.540. The summed E-state index contributed by atoms with van der Waals surface area (Å²) in [7, 11) is 0. The van der Waals surface area contributed by atoms with E-state index in [9.17, 15) is 4.79 Å². The number of nitrogens with one attached hydrogen (secondary N) is 1. The summed E-state index contributed by atoms with van der Waals surface area (Å²) in [6.45, 7) is 1.44. The average Bonchev–Trinajstić information content (AvgIpc) is 1.33. The topological polar surface area (TPSA) is 77.3 Å². The van der Waals surface area contributed by atoms with Gasteiger partial charge in [-0.15, -0.1) is 5.53 Å². The largest absolute Gasteiger partial charge is 0.287 e. The van der Waals surface area contributed by atoms with Crippen molar-refractivity contribution >= 4 is 20.6 Å². The first-order valence-corrected chi connectivity index (χ1v) is 2.11. The van der Waals surface area contributed by atoms with Gasteiger partial charge in [0.25, 0.3) is 0 Å². The molecule has 0 heterocycles. The van der Waals surface area contributed by atoms with Crippen LogP contribution in [0.25, 0.3) is 10.4 Å². The van der Waals surface area contributed by atoms with Gasteiger partial charge < -0.3 is 0 Å². The van der Waals surface area contributed by atoms with Gasteiger partial charge in [0.15, 0.2) is 4.69 Å². The van der Waals surface area contributed by atoms with Crippen molar-refractivity contribution in [3.05, 3.63) is 10.4 Å². The maximum Gasteiger partial charge on any atom is 0.194 e. The highest BCUT2D eigenvalue weighted by Gasteiger charge is 1.66. The van der Waals surface area contributed by atoms with Crippen molar-refractivity contribution in [1.29, 1.82) is 5.53 Å². The predicted molar refractivity (Wildman–Crippen MR) is 29.0 cm³/mol. The molecule has 5 heteroatoms. The molecule has 1 N–H and O–H groups in total. The van der Waals surface area contributed by atoms with E-state index >= 15 is 0 Å². The van der Waals surface area contributed by atoms with Crippen LogP contribution in [0.5, 0.6) is 0 Å². The molecule has 0 amide bonds. The van der Waals surface area contributed by atoms with Gasteiger partial charge in [0.1, 0.15) is 0 Å². The Kier molecular flexibility index (Phi) is 12.5. The molecule has 0 aliphatic carbocycles. The summed E-state index contributed by atoms with van der Waals surface area (Å²) in [6.07, 6.45) is 0. The molecule has 0 aromatic rings. The normalized spacial score (nSPS) is 4.86. The van der Waals surface area contributed by atoms with Crippen LogP contribution in [0.3, 0.4) is 0 Å². The Morgan fingerprint density at radius 2 is 2.00 bits per heavy atom. The van der Waals surface area contributed by atoms with Crippen LogP contribution in [0.2, 0.25) is 0 Å². The average molecular weight is 166 g/mol. The van der Waals surface area contributed by atoms with Gasteiger partial charge >= 0.3 is 0 Å². The molecule has 0 saturated heterocycles. The lowest BCUT2D eigenvalue weighted by atomic mass is 11.0. The van der Waals surface area contributed by atoms with Gasteiger partial charge in [0, 0.05) is 6.92 Å². The molecule has 0 bridgehead atoms. The van der Waals surface area contributed by atoms with E-state index in [4.69, 9.17) is 11.1 Å². The van der Waals surface area contributed by atoms with E-state index < -0.39 is 0 Å². The van der Waals surface area contributed by atoms with E-state index in [1.807, 2.05) is 0 Å². The van der Waals surface area contributed by atoms with E-state index in [1.54, 1.807) is 4.91 Å². The molecular formula is C2H4BrN3O. The number of halogens is 1. The minimum atomic E-state index is -0.0208. The van der Waals surface area contributed by atoms with Crippen molar-refractivity contribution in [2.45, 2.75) is 6.92 Å². The molecule has 0 aromatic heterocycles. The monoisotopic (exact) mass is 165 g/mol. The number of carbonyl (C=O) groups is 1. The Bertz CT molecular complexity index is 80.9. The Labute approximate surface area is 49.1 Å². The van der Waals surface area contributed by atoms with Crippen molar-refractivity contribution in [3.8, 4) is 0 Å². The van der Waals surface area contributed by atoms with Crippen molar-refractivity contribution in [1.82, 2.24) is 0 Å². The zero-order valence-electron chi connectivity index (χ0n) is 3.68. The summed E-state index contributed by atoms with van der Waals surface area (Å²) >= 11 is 2.63. The van der Waals surface area contributed by atoms with Gasteiger partial charge in [-0.3, -0.25) is 4.79 Å². The molecule has 0 radical (unpaired) electrons. The van der Waals surface area contributed by atoms with Gasteiger partial charge in [-0.1, -0.05) is 0 Å². The van der Waals surface area contributed by atoms with Gasteiger partial charge in [-0.25, -0.2) is 0 Å². The highest BCUT2D eigenvalue weighted by atomic mass is 79.9. The second-order valence-corrected chi connectivity index (χ2v) is 1.69. The van der Waals surface area contributed by atoms with E-state index in [0.29, 0.717) is 0 Å². The quantitative estimate of drug-likeness (QED) is 0.253. The smallest absolute Gasteiger partial charge is 0.194 e. The third-order valence-electron chi connectivity index (χ3n) is 0. The maximum atomic E-state index is 9.36. The first-order valence-electron chi connectivity index (χ1n) is 1.32. The molecule has 0 aliphatic heterocycles. The molecule has 7 heavy (non-hydrogen) atoms. The summed E-state index contributed by atoms with van der Waals surface area (Å²) < 4.78 is -0.0208. The van der Waals surface area contributed by atoms with E-state index in [0.717, 1.165) is 0 Å². The summed E-state index contributed by atoms with van der Waals surface area (Å²) in [5.74, 6) is 0. The molecule has 0 fully saturated rings. The molecule has 40 valence electrons. The fraction of sp³-hybridized carbons (Fsp3) is 0.500. The van der Waals surface area contributed by atoms with E-state index in [-0.39, 0.29) is 4.69 Å². The minimum Gasteiger partial charge on any atom is -0.287 e. The lowest BCUT2D eigenvalue weighted by Gasteiger charge is -1.52. The number of hydrogen-bond donors (Lipinski definition) is 1. The second-order valence-electron chi connectivity index (χ2n) is 0.570. The van der Waals surface area contributed by atoms with E-state index in [1.165, 1.54) is 6.92 Å². The molecular weight excluding hydrogens is 162 g/mol. The van der Waals surface area contributed by atoms with Crippen molar-refractivity contribution in [2.24, 2.45) is 0 Å². The highest BCUT2D eigenvalue weighted by Crippen LogP contribution is 1.74. The summed E-state index contributed by atoms with van der Waals surface area (Å²) in [6, 6.07) is 0. The second kappa shape index (κ2) is 9.07. The summed E-state index contributed by atoms with van der Waals surface area (Å²) in [4.78, 5) is 11.1. The molecule has 0 aromatic carbocycles. The van der Waals surface area contributed by atoms with Gasteiger partial charge in [0.2, 0.25) is 0 Å². The molecule has 4 nitrogen and oxygen atoms in total.